The highest BCUT2D eigenvalue weighted by Gasteiger charge is 2.65. The van der Waals surface area contributed by atoms with Crippen LogP contribution in [0, 0.1) is 34.9 Å². The molecule has 2 N–H and O–H groups in total. The Kier molecular flexibility index (Phi) is 15.4. The van der Waals surface area contributed by atoms with Crippen LogP contribution in [0.15, 0.2) is 125 Å². The minimum Gasteiger partial charge on any atom is -0.459 e. The number of aliphatic hydroxyl groups is 2. The van der Waals surface area contributed by atoms with Gasteiger partial charge in [0.15, 0.2) is 0 Å². The summed E-state index contributed by atoms with van der Waals surface area (Å²) in [5.74, 6) is -1.03. The standard InChI is InChI=1S/C51H56FN3O7S/c1-4-28-59-51-47(55(33-35-14-18-38(52)19-15-35)50(58)36-16-12-34(32-53)13-17-36)31-45(54-60-5-2)43-29-37(10-6-8-26-56)42(11-7-9-27-57)48(49(43)51)44-30-40(22-25-46(44)62-51)61-39-20-23-41(63-3)24-21-39/h4,12-25,29-30,37,42,47-49,56-57H,1,5-11,26-28,31,33H2,2-3H3/t37-,42+,47-,48+,49+,51+/m0/s1. The normalized spacial score (nSPS) is 22.8. The highest BCUT2D eigenvalue weighted by Crippen LogP contribution is 2.62. The summed E-state index contributed by atoms with van der Waals surface area (Å²) in [6.45, 7) is 6.56. The van der Waals surface area contributed by atoms with Gasteiger partial charge in [-0.2, -0.15) is 5.26 Å². The zero-order valence-electron chi connectivity index (χ0n) is 36.0. The van der Waals surface area contributed by atoms with E-state index in [2.05, 4.69) is 24.8 Å². The average molecular weight is 874 g/mol. The second-order valence-corrected chi connectivity index (χ2v) is 17.1. The molecule has 1 amide bonds. The van der Waals surface area contributed by atoms with Crippen LogP contribution in [-0.2, 0) is 16.1 Å². The van der Waals surface area contributed by atoms with Crippen LogP contribution >= 0.6 is 11.8 Å². The summed E-state index contributed by atoms with van der Waals surface area (Å²) in [5, 5.41) is 34.3. The summed E-state index contributed by atoms with van der Waals surface area (Å²) in [5.41, 5.74) is 3.98. The number of hydrogen-bond donors (Lipinski definition) is 2. The van der Waals surface area contributed by atoms with E-state index in [0.29, 0.717) is 59.1 Å². The SMILES string of the molecule is C=CCO[C@@]12Oc3ccc(Oc4ccc(SC)cc4)cc3[C@H]3[C@H](CCCCO)[C@@H](CCCCO)C=C(C(=NOCC)C[C@@H]1N(Cc1ccc(F)cc1)C(=O)c1ccc(C#N)cc1)[C@H]32. The molecule has 0 saturated heterocycles. The average Bonchev–Trinajstić information content (AvgIpc) is 3.31. The lowest BCUT2D eigenvalue weighted by atomic mass is 9.55. The van der Waals surface area contributed by atoms with Crippen LogP contribution in [0.4, 0.5) is 4.39 Å². The first kappa shape index (κ1) is 45.6. The van der Waals surface area contributed by atoms with Crippen molar-refractivity contribution in [1.82, 2.24) is 4.90 Å². The number of fused-ring (bicyclic) bond motifs is 2. The van der Waals surface area contributed by atoms with Gasteiger partial charge in [-0.25, -0.2) is 4.39 Å². The van der Waals surface area contributed by atoms with Gasteiger partial charge >= 0.3 is 0 Å². The van der Waals surface area contributed by atoms with Gasteiger partial charge in [0.1, 0.15) is 35.7 Å². The number of aliphatic hydroxyl groups excluding tert-OH is 2. The molecule has 1 aliphatic heterocycles. The molecule has 1 fully saturated rings. The third-order valence-electron chi connectivity index (χ3n) is 12.4. The van der Waals surface area contributed by atoms with E-state index in [0.717, 1.165) is 41.7 Å². The highest BCUT2D eigenvalue weighted by molar-refractivity contribution is 7.98. The van der Waals surface area contributed by atoms with Gasteiger partial charge in [-0.05, 0) is 141 Å². The van der Waals surface area contributed by atoms with Crippen molar-refractivity contribution in [3.8, 4) is 23.3 Å². The number of rotatable bonds is 20. The Morgan fingerprint density at radius 2 is 1.71 bits per heavy atom. The van der Waals surface area contributed by atoms with Gasteiger partial charge in [-0.3, -0.25) is 4.79 Å². The maximum absolute atomic E-state index is 15.2. The van der Waals surface area contributed by atoms with E-state index in [-0.39, 0.29) is 56.4 Å². The molecule has 0 spiro atoms. The minimum absolute atomic E-state index is 0.0151. The second-order valence-electron chi connectivity index (χ2n) is 16.2. The Morgan fingerprint density at radius 3 is 2.38 bits per heavy atom. The molecule has 1 heterocycles. The minimum atomic E-state index is -1.51. The molecule has 3 aliphatic rings. The van der Waals surface area contributed by atoms with E-state index >= 15 is 4.79 Å². The van der Waals surface area contributed by atoms with Crippen LogP contribution in [0.3, 0.4) is 0 Å². The number of carbonyl (C=O) groups is 1. The fourth-order valence-electron chi connectivity index (χ4n) is 9.60. The van der Waals surface area contributed by atoms with Crippen molar-refractivity contribution < 1.29 is 38.4 Å². The Morgan fingerprint density at radius 1 is 1.00 bits per heavy atom. The van der Waals surface area contributed by atoms with E-state index < -0.39 is 23.6 Å². The van der Waals surface area contributed by atoms with Crippen LogP contribution in [-0.4, -0.2) is 71.2 Å². The van der Waals surface area contributed by atoms with Gasteiger partial charge in [0.2, 0.25) is 5.79 Å². The molecule has 1 saturated carbocycles. The lowest BCUT2D eigenvalue weighted by Gasteiger charge is -2.60. The van der Waals surface area contributed by atoms with Gasteiger partial charge in [0.25, 0.3) is 5.91 Å². The second kappa shape index (κ2) is 21.3. The predicted molar refractivity (Wildman–Crippen MR) is 242 cm³/mol. The summed E-state index contributed by atoms with van der Waals surface area (Å²) in [6, 6.07) is 27.8. The number of amides is 1. The number of ether oxygens (including phenoxy) is 3. The third-order valence-corrected chi connectivity index (χ3v) is 13.2. The number of nitriles is 1. The summed E-state index contributed by atoms with van der Waals surface area (Å²) in [7, 11) is 0. The number of benzene rings is 4. The number of nitrogens with zero attached hydrogens (tertiary/aromatic N) is 3. The van der Waals surface area contributed by atoms with Crippen LogP contribution in [0.25, 0.3) is 0 Å². The first-order valence-corrected chi connectivity index (χ1v) is 23.1. The first-order valence-electron chi connectivity index (χ1n) is 21.8. The Balaban J connectivity index is 1.47. The number of allylic oxidation sites excluding steroid dienone is 1. The number of oxime groups is 1. The quantitative estimate of drug-likeness (QED) is 0.0385. The molecule has 6 atom stereocenters. The molecule has 7 rings (SSSR count). The molecule has 4 aromatic rings. The Bertz CT molecular complexity index is 2300. The summed E-state index contributed by atoms with van der Waals surface area (Å²) in [4.78, 5) is 24.0. The highest BCUT2D eigenvalue weighted by atomic mass is 32.2. The van der Waals surface area contributed by atoms with Gasteiger partial charge in [0, 0.05) is 48.1 Å². The Hall–Kier alpha value is -5.45. The number of hydrogen-bond acceptors (Lipinski definition) is 10. The van der Waals surface area contributed by atoms with Crippen molar-refractivity contribution in [3.05, 3.63) is 143 Å². The summed E-state index contributed by atoms with van der Waals surface area (Å²) < 4.78 is 35.4. The molecule has 12 heteroatoms. The van der Waals surface area contributed by atoms with Crippen molar-refractivity contribution in [3.63, 3.8) is 0 Å². The van der Waals surface area contributed by atoms with Crippen molar-refractivity contribution in [2.75, 3.05) is 32.7 Å². The van der Waals surface area contributed by atoms with Gasteiger partial charge < -0.3 is 34.2 Å². The molecule has 4 aromatic carbocycles. The van der Waals surface area contributed by atoms with Crippen molar-refractivity contribution >= 4 is 23.4 Å². The molecule has 0 aromatic heterocycles. The van der Waals surface area contributed by atoms with Gasteiger partial charge in [0.05, 0.1) is 29.9 Å². The van der Waals surface area contributed by atoms with Crippen molar-refractivity contribution in [1.29, 1.82) is 5.26 Å². The maximum Gasteiger partial charge on any atom is 0.254 e. The van der Waals surface area contributed by atoms with Gasteiger partial charge in [-0.1, -0.05) is 42.3 Å². The van der Waals surface area contributed by atoms with E-state index in [1.807, 2.05) is 49.6 Å². The molecule has 0 bridgehead atoms. The van der Waals surface area contributed by atoms with Crippen LogP contribution in [0.5, 0.6) is 17.2 Å². The van der Waals surface area contributed by atoms with E-state index in [1.54, 1.807) is 59.1 Å². The molecule has 0 radical (unpaired) electrons. The molecular formula is C51H56FN3O7S. The lowest BCUT2D eigenvalue weighted by molar-refractivity contribution is -0.255. The fraction of sp³-hybridized carbons (Fsp3) is 0.392. The van der Waals surface area contributed by atoms with Crippen LogP contribution in [0.1, 0.15) is 84.8 Å². The zero-order chi connectivity index (χ0) is 44.3. The van der Waals surface area contributed by atoms with Crippen LogP contribution < -0.4 is 9.47 Å². The third kappa shape index (κ3) is 10.0. The van der Waals surface area contributed by atoms with Crippen LogP contribution in [0.2, 0.25) is 0 Å². The monoisotopic (exact) mass is 873 g/mol. The predicted octanol–water partition coefficient (Wildman–Crippen LogP) is 10.2. The van der Waals surface area contributed by atoms with Crippen molar-refractivity contribution in [2.45, 2.75) is 81.1 Å². The first-order chi connectivity index (χ1) is 30.8. The topological polar surface area (TPSA) is 134 Å². The number of thioether (sulfide) groups is 1. The molecule has 63 heavy (non-hydrogen) atoms. The molecule has 10 nitrogen and oxygen atoms in total. The maximum atomic E-state index is 15.2. The number of unbranched alkanes of at least 4 members (excludes halogenated alkanes) is 2. The number of halogens is 1. The zero-order valence-corrected chi connectivity index (χ0v) is 36.8. The van der Waals surface area contributed by atoms with Crippen molar-refractivity contribution in [2.24, 2.45) is 22.9 Å². The summed E-state index contributed by atoms with van der Waals surface area (Å²) >= 11 is 1.66. The molecule has 330 valence electrons. The fourth-order valence-corrected chi connectivity index (χ4v) is 10.0. The lowest BCUT2D eigenvalue weighted by Crippen LogP contribution is -2.70. The molecular weight excluding hydrogens is 818 g/mol. The van der Waals surface area contributed by atoms with Gasteiger partial charge in [-0.15, -0.1) is 18.3 Å². The smallest absolute Gasteiger partial charge is 0.254 e. The van der Waals surface area contributed by atoms with E-state index in [4.69, 9.17) is 24.2 Å². The largest absolute Gasteiger partial charge is 0.459 e. The molecule has 0 unspecified atom stereocenters. The number of carbonyl (C=O) groups excluding carboxylic acids is 1. The summed E-state index contributed by atoms with van der Waals surface area (Å²) in [6.07, 6.45) is 10.7. The van der Waals surface area contributed by atoms with E-state index in [1.165, 1.54) is 12.1 Å². The van der Waals surface area contributed by atoms with E-state index in [9.17, 15) is 19.9 Å². The molecule has 2 aliphatic carbocycles. The Labute approximate surface area is 374 Å².